The van der Waals surface area contributed by atoms with Gasteiger partial charge in [-0.2, -0.15) is 0 Å². The number of nitrogens with zero attached hydrogens (tertiary/aromatic N) is 2. The summed E-state index contributed by atoms with van der Waals surface area (Å²) in [6, 6.07) is 29.8. The quantitative estimate of drug-likeness (QED) is 0.282. The van der Waals surface area contributed by atoms with Crippen molar-refractivity contribution in [1.29, 1.82) is 0 Å². The Labute approximate surface area is 209 Å². The minimum atomic E-state index is 0.601. The Bertz CT molecular complexity index is 1480. The van der Waals surface area contributed by atoms with Crippen molar-refractivity contribution >= 4 is 50.6 Å². The molecule has 4 aromatic carbocycles. The Morgan fingerprint density at radius 1 is 0.706 bits per heavy atom. The molecule has 1 fully saturated rings. The van der Waals surface area contributed by atoms with Crippen LogP contribution in [-0.2, 0) is 6.54 Å². The molecule has 1 aliphatic heterocycles. The lowest BCUT2D eigenvalue weighted by molar-refractivity contribution is 0.248. The van der Waals surface area contributed by atoms with E-state index < -0.39 is 0 Å². The van der Waals surface area contributed by atoms with E-state index in [4.69, 9.17) is 23.2 Å². The zero-order valence-electron chi connectivity index (χ0n) is 18.8. The van der Waals surface area contributed by atoms with Crippen LogP contribution in [0.5, 0.6) is 0 Å². The summed E-state index contributed by atoms with van der Waals surface area (Å²) in [6.45, 7) is 4.79. The third-order valence-electron chi connectivity index (χ3n) is 6.87. The number of piperazine rings is 1. The Hall–Kier alpha value is -2.98. The highest BCUT2D eigenvalue weighted by Gasteiger charge is 2.22. The third kappa shape index (κ3) is 3.94. The van der Waals surface area contributed by atoms with Crippen molar-refractivity contribution in [3.05, 3.63) is 101 Å². The molecule has 170 valence electrons. The molecule has 0 atom stereocenters. The van der Waals surface area contributed by atoms with Crippen LogP contribution in [0.3, 0.4) is 0 Å². The maximum Gasteiger partial charge on any atom is 0.0612 e. The SMILES string of the molecule is Clc1ccc(N2CCN(Cc3[nH]c4ccccc4c3-c3cccc4ccccc34)CC2)cc1Cl. The topological polar surface area (TPSA) is 22.3 Å². The van der Waals surface area contributed by atoms with Gasteiger partial charge in [0.05, 0.1) is 10.0 Å². The molecule has 0 bridgehead atoms. The van der Waals surface area contributed by atoms with Crippen molar-refractivity contribution in [2.45, 2.75) is 6.54 Å². The van der Waals surface area contributed by atoms with Crippen LogP contribution < -0.4 is 4.90 Å². The first-order valence-corrected chi connectivity index (χ1v) is 12.4. The predicted molar refractivity (Wildman–Crippen MR) is 145 cm³/mol. The second-order valence-corrected chi connectivity index (χ2v) is 9.73. The lowest BCUT2D eigenvalue weighted by Crippen LogP contribution is -2.46. The number of nitrogens with one attached hydrogen (secondary N) is 1. The van der Waals surface area contributed by atoms with Crippen LogP contribution in [0.2, 0.25) is 10.0 Å². The van der Waals surface area contributed by atoms with Crippen LogP contribution >= 0.6 is 23.2 Å². The van der Waals surface area contributed by atoms with Gasteiger partial charge in [0.1, 0.15) is 0 Å². The van der Waals surface area contributed by atoms with Gasteiger partial charge < -0.3 is 9.88 Å². The van der Waals surface area contributed by atoms with Gasteiger partial charge in [-0.25, -0.2) is 0 Å². The molecule has 5 heteroatoms. The van der Waals surface area contributed by atoms with Crippen LogP contribution in [0, 0.1) is 0 Å². The van der Waals surface area contributed by atoms with Gasteiger partial charge in [0.2, 0.25) is 0 Å². The van der Waals surface area contributed by atoms with E-state index in [-0.39, 0.29) is 0 Å². The molecule has 0 saturated carbocycles. The van der Waals surface area contributed by atoms with E-state index in [0.717, 1.165) is 38.4 Å². The number of anilines is 1. The number of halogens is 2. The molecule has 0 aliphatic carbocycles. The van der Waals surface area contributed by atoms with Gasteiger partial charge in [-0.05, 0) is 40.6 Å². The van der Waals surface area contributed by atoms with Crippen LogP contribution in [0.4, 0.5) is 5.69 Å². The molecule has 5 aromatic rings. The van der Waals surface area contributed by atoms with Crippen LogP contribution in [-0.4, -0.2) is 36.1 Å². The molecule has 1 N–H and O–H groups in total. The normalized spacial score (nSPS) is 14.8. The summed E-state index contributed by atoms with van der Waals surface area (Å²) >= 11 is 12.4. The van der Waals surface area contributed by atoms with Gasteiger partial charge in [-0.3, -0.25) is 4.90 Å². The summed E-state index contributed by atoms with van der Waals surface area (Å²) in [5.74, 6) is 0. The van der Waals surface area contributed by atoms with Crippen LogP contribution in [0.25, 0.3) is 32.8 Å². The third-order valence-corrected chi connectivity index (χ3v) is 7.60. The fourth-order valence-corrected chi connectivity index (χ4v) is 5.43. The highest BCUT2D eigenvalue weighted by Crippen LogP contribution is 2.37. The molecule has 0 radical (unpaired) electrons. The average Bonchev–Trinajstić information content (AvgIpc) is 3.23. The zero-order valence-corrected chi connectivity index (χ0v) is 20.3. The molecule has 0 amide bonds. The molecule has 3 nitrogen and oxygen atoms in total. The Morgan fingerprint density at radius 2 is 1.44 bits per heavy atom. The monoisotopic (exact) mass is 485 g/mol. The minimum absolute atomic E-state index is 0.601. The molecule has 1 aliphatic rings. The van der Waals surface area contributed by atoms with Crippen molar-refractivity contribution in [1.82, 2.24) is 9.88 Å². The highest BCUT2D eigenvalue weighted by atomic mass is 35.5. The van der Waals surface area contributed by atoms with Crippen LogP contribution in [0.15, 0.2) is 84.9 Å². The predicted octanol–water partition coefficient (Wildman–Crippen LogP) is 7.62. The molecule has 1 saturated heterocycles. The van der Waals surface area contributed by atoms with Gasteiger partial charge in [-0.15, -0.1) is 0 Å². The number of benzene rings is 4. The first-order chi connectivity index (χ1) is 16.7. The van der Waals surface area contributed by atoms with E-state index in [1.807, 2.05) is 12.1 Å². The molecular weight excluding hydrogens is 461 g/mol. The lowest BCUT2D eigenvalue weighted by atomic mass is 9.95. The molecule has 34 heavy (non-hydrogen) atoms. The summed E-state index contributed by atoms with van der Waals surface area (Å²) in [7, 11) is 0. The van der Waals surface area contributed by atoms with Gasteiger partial charge >= 0.3 is 0 Å². The number of hydrogen-bond acceptors (Lipinski definition) is 2. The van der Waals surface area contributed by atoms with Crippen molar-refractivity contribution < 1.29 is 0 Å². The zero-order chi connectivity index (χ0) is 23.1. The highest BCUT2D eigenvalue weighted by molar-refractivity contribution is 6.42. The van der Waals surface area contributed by atoms with Crippen molar-refractivity contribution in [3.8, 4) is 11.1 Å². The van der Waals surface area contributed by atoms with E-state index in [0.29, 0.717) is 10.0 Å². The number of H-pyrrole nitrogens is 1. The fraction of sp³-hybridized carbons (Fsp3) is 0.172. The molecule has 2 heterocycles. The smallest absolute Gasteiger partial charge is 0.0612 e. The van der Waals surface area contributed by atoms with Crippen molar-refractivity contribution in [3.63, 3.8) is 0 Å². The second-order valence-electron chi connectivity index (χ2n) is 8.91. The first-order valence-electron chi connectivity index (χ1n) is 11.7. The Balaban J connectivity index is 1.31. The maximum absolute atomic E-state index is 6.25. The van der Waals surface area contributed by atoms with Crippen molar-refractivity contribution in [2.75, 3.05) is 31.1 Å². The van der Waals surface area contributed by atoms with E-state index in [9.17, 15) is 0 Å². The molecule has 0 unspecified atom stereocenters. The van der Waals surface area contributed by atoms with Gasteiger partial charge in [0.25, 0.3) is 0 Å². The maximum atomic E-state index is 6.25. The number of rotatable bonds is 4. The second kappa shape index (κ2) is 8.99. The number of fused-ring (bicyclic) bond motifs is 2. The Morgan fingerprint density at radius 3 is 2.26 bits per heavy atom. The summed E-state index contributed by atoms with van der Waals surface area (Å²) in [5.41, 5.74) is 6.21. The fourth-order valence-electron chi connectivity index (χ4n) is 5.14. The minimum Gasteiger partial charge on any atom is -0.369 e. The molecule has 1 aromatic heterocycles. The van der Waals surface area contributed by atoms with E-state index in [1.165, 1.54) is 38.5 Å². The van der Waals surface area contributed by atoms with E-state index in [1.54, 1.807) is 0 Å². The first kappa shape index (κ1) is 21.5. The van der Waals surface area contributed by atoms with Gasteiger partial charge in [0, 0.05) is 60.6 Å². The van der Waals surface area contributed by atoms with Crippen LogP contribution in [0.1, 0.15) is 5.69 Å². The largest absolute Gasteiger partial charge is 0.369 e. The average molecular weight is 486 g/mol. The number of aromatic nitrogens is 1. The molecular formula is C29H25Cl2N3. The van der Waals surface area contributed by atoms with E-state index in [2.05, 4.69) is 87.6 Å². The summed E-state index contributed by atoms with van der Waals surface area (Å²) in [5, 5.41) is 5.05. The van der Waals surface area contributed by atoms with Gasteiger partial charge in [0.15, 0.2) is 0 Å². The molecule has 0 spiro atoms. The number of para-hydroxylation sites is 1. The summed E-state index contributed by atoms with van der Waals surface area (Å²) < 4.78 is 0. The summed E-state index contributed by atoms with van der Waals surface area (Å²) in [4.78, 5) is 8.66. The standard InChI is InChI=1S/C29H25Cl2N3/c30-25-13-12-21(18-26(25)31)34-16-14-33(15-17-34)19-28-29(24-9-3-4-11-27(24)32-28)23-10-5-7-20-6-1-2-8-22(20)23/h1-13,18,32H,14-17,19H2. The van der Waals surface area contributed by atoms with E-state index >= 15 is 0 Å². The number of hydrogen-bond donors (Lipinski definition) is 1. The number of aromatic amines is 1. The Kier molecular flexibility index (Phi) is 5.70. The molecule has 6 rings (SSSR count). The summed E-state index contributed by atoms with van der Waals surface area (Å²) in [6.07, 6.45) is 0. The van der Waals surface area contributed by atoms with Gasteiger partial charge in [-0.1, -0.05) is 83.9 Å². The lowest BCUT2D eigenvalue weighted by Gasteiger charge is -2.36. The van der Waals surface area contributed by atoms with Crippen molar-refractivity contribution in [2.24, 2.45) is 0 Å².